The van der Waals surface area contributed by atoms with E-state index in [1.54, 1.807) is 0 Å². The normalized spacial score (nSPS) is 10.3. The van der Waals surface area contributed by atoms with Crippen molar-refractivity contribution in [3.63, 3.8) is 0 Å². The maximum Gasteiger partial charge on any atom is 0.219 e. The van der Waals surface area contributed by atoms with Crippen molar-refractivity contribution in [2.45, 2.75) is 78.1 Å². The van der Waals surface area contributed by atoms with Crippen molar-refractivity contribution in [2.24, 2.45) is 0 Å². The lowest BCUT2D eigenvalue weighted by Crippen LogP contribution is -2.23. The summed E-state index contributed by atoms with van der Waals surface area (Å²) in [7, 11) is 0. The van der Waals surface area contributed by atoms with Crippen LogP contribution in [0.2, 0.25) is 0 Å². The van der Waals surface area contributed by atoms with Gasteiger partial charge in [0.2, 0.25) is 11.8 Å². The average Bonchev–Trinajstić information content (AvgIpc) is 2.41. The summed E-state index contributed by atoms with van der Waals surface area (Å²) in [6.45, 7) is 5.66. The van der Waals surface area contributed by atoms with Gasteiger partial charge in [0.15, 0.2) is 0 Å². The lowest BCUT2D eigenvalue weighted by Gasteiger charge is -2.05. The Bertz CT molecular complexity index is 229. The maximum absolute atomic E-state index is 11.2. The zero-order valence-electron chi connectivity index (χ0n) is 13.3. The molecular weight excluding hydrogens is 252 g/mol. The Morgan fingerprint density at radius 3 is 1.35 bits per heavy atom. The summed E-state index contributed by atoms with van der Waals surface area (Å²) in [5.41, 5.74) is 0. The molecule has 0 fully saturated rings. The standard InChI is InChI=1S/C16H32N2O2/c1-3-11-15(19)17-13-9-7-5-6-8-10-14-18-16(20)12-4-2/h3-14H2,1-2H3,(H,17,19)(H,18,20). The van der Waals surface area contributed by atoms with Gasteiger partial charge in [0.05, 0.1) is 0 Å². The molecule has 20 heavy (non-hydrogen) atoms. The molecule has 4 nitrogen and oxygen atoms in total. The van der Waals surface area contributed by atoms with E-state index in [4.69, 9.17) is 0 Å². The molecule has 0 rings (SSSR count). The van der Waals surface area contributed by atoms with E-state index in [1.807, 2.05) is 13.8 Å². The Kier molecular flexibility index (Phi) is 13.6. The number of amides is 2. The molecule has 0 atom stereocenters. The molecule has 0 aliphatic rings. The highest BCUT2D eigenvalue weighted by molar-refractivity contribution is 5.76. The largest absolute Gasteiger partial charge is 0.356 e. The number of hydrogen-bond donors (Lipinski definition) is 2. The van der Waals surface area contributed by atoms with Gasteiger partial charge in [0, 0.05) is 25.9 Å². The van der Waals surface area contributed by atoms with E-state index in [-0.39, 0.29) is 11.8 Å². The Morgan fingerprint density at radius 1 is 0.650 bits per heavy atom. The summed E-state index contributed by atoms with van der Waals surface area (Å²) in [5.74, 6) is 0.352. The minimum Gasteiger partial charge on any atom is -0.356 e. The van der Waals surface area contributed by atoms with Crippen LogP contribution in [0.4, 0.5) is 0 Å². The highest BCUT2D eigenvalue weighted by Crippen LogP contribution is 2.04. The van der Waals surface area contributed by atoms with Gasteiger partial charge in [-0.3, -0.25) is 9.59 Å². The van der Waals surface area contributed by atoms with E-state index in [9.17, 15) is 9.59 Å². The molecule has 0 spiro atoms. The average molecular weight is 284 g/mol. The molecule has 0 aliphatic heterocycles. The summed E-state index contributed by atoms with van der Waals surface area (Å²) >= 11 is 0. The number of carbonyl (C=O) groups is 2. The van der Waals surface area contributed by atoms with Crippen molar-refractivity contribution in [2.75, 3.05) is 13.1 Å². The molecule has 0 aromatic rings. The molecule has 0 heterocycles. The van der Waals surface area contributed by atoms with E-state index in [0.717, 1.165) is 38.8 Å². The van der Waals surface area contributed by atoms with E-state index < -0.39 is 0 Å². The predicted octanol–water partition coefficient (Wildman–Crippen LogP) is 3.16. The number of hydrogen-bond acceptors (Lipinski definition) is 2. The second-order valence-corrected chi connectivity index (χ2v) is 5.32. The first-order valence-electron chi connectivity index (χ1n) is 8.24. The highest BCUT2D eigenvalue weighted by atomic mass is 16.2. The second kappa shape index (κ2) is 14.4. The molecule has 118 valence electrons. The van der Waals surface area contributed by atoms with Crippen molar-refractivity contribution >= 4 is 11.8 Å². The summed E-state index contributed by atoms with van der Waals surface area (Å²) in [6, 6.07) is 0. The monoisotopic (exact) mass is 284 g/mol. The molecular formula is C16H32N2O2. The van der Waals surface area contributed by atoms with Gasteiger partial charge >= 0.3 is 0 Å². The van der Waals surface area contributed by atoms with Gasteiger partial charge < -0.3 is 10.6 Å². The smallest absolute Gasteiger partial charge is 0.219 e. The lowest BCUT2D eigenvalue weighted by molar-refractivity contribution is -0.121. The zero-order valence-corrected chi connectivity index (χ0v) is 13.3. The van der Waals surface area contributed by atoms with Crippen LogP contribution in [0.5, 0.6) is 0 Å². The molecule has 0 radical (unpaired) electrons. The fourth-order valence-corrected chi connectivity index (χ4v) is 2.04. The molecule has 0 aromatic carbocycles. The number of carbonyl (C=O) groups excluding carboxylic acids is 2. The van der Waals surface area contributed by atoms with E-state index in [0.29, 0.717) is 12.8 Å². The number of unbranched alkanes of at least 4 members (excludes halogenated alkanes) is 5. The van der Waals surface area contributed by atoms with Gasteiger partial charge in [-0.1, -0.05) is 39.5 Å². The molecule has 0 bridgehead atoms. The molecule has 2 amide bonds. The second-order valence-electron chi connectivity index (χ2n) is 5.32. The first kappa shape index (κ1) is 18.9. The van der Waals surface area contributed by atoms with Crippen LogP contribution < -0.4 is 10.6 Å². The third-order valence-electron chi connectivity index (χ3n) is 3.20. The molecule has 0 unspecified atom stereocenters. The fraction of sp³-hybridized carbons (Fsp3) is 0.875. The van der Waals surface area contributed by atoms with Crippen molar-refractivity contribution in [1.29, 1.82) is 0 Å². The Hall–Kier alpha value is -1.06. The van der Waals surface area contributed by atoms with Crippen molar-refractivity contribution in [1.82, 2.24) is 10.6 Å². The molecule has 2 N–H and O–H groups in total. The quantitative estimate of drug-likeness (QED) is 0.510. The van der Waals surface area contributed by atoms with Gasteiger partial charge in [0.25, 0.3) is 0 Å². The molecule has 0 saturated heterocycles. The zero-order chi connectivity index (χ0) is 15.1. The molecule has 4 heteroatoms. The van der Waals surface area contributed by atoms with Crippen LogP contribution >= 0.6 is 0 Å². The van der Waals surface area contributed by atoms with Crippen LogP contribution in [0.1, 0.15) is 78.1 Å². The van der Waals surface area contributed by atoms with E-state index >= 15 is 0 Å². The maximum atomic E-state index is 11.2. The minimum atomic E-state index is 0.176. The van der Waals surface area contributed by atoms with Crippen molar-refractivity contribution in [3.8, 4) is 0 Å². The van der Waals surface area contributed by atoms with E-state index in [2.05, 4.69) is 10.6 Å². The lowest BCUT2D eigenvalue weighted by atomic mass is 10.1. The van der Waals surface area contributed by atoms with Gasteiger partial charge in [-0.2, -0.15) is 0 Å². The van der Waals surface area contributed by atoms with Gasteiger partial charge in [-0.15, -0.1) is 0 Å². The van der Waals surface area contributed by atoms with Crippen LogP contribution in [0.3, 0.4) is 0 Å². The van der Waals surface area contributed by atoms with Crippen LogP contribution in [0.15, 0.2) is 0 Å². The third-order valence-corrected chi connectivity index (χ3v) is 3.20. The highest BCUT2D eigenvalue weighted by Gasteiger charge is 1.99. The molecule has 0 aliphatic carbocycles. The Labute approximate surface area is 124 Å². The van der Waals surface area contributed by atoms with Crippen LogP contribution in [0, 0.1) is 0 Å². The first-order chi connectivity index (χ1) is 9.70. The molecule has 0 aromatic heterocycles. The van der Waals surface area contributed by atoms with Gasteiger partial charge in [0.1, 0.15) is 0 Å². The summed E-state index contributed by atoms with van der Waals surface area (Å²) in [6.07, 6.45) is 10.0. The Morgan fingerprint density at radius 2 is 1.00 bits per heavy atom. The van der Waals surface area contributed by atoms with E-state index in [1.165, 1.54) is 25.7 Å². The minimum absolute atomic E-state index is 0.176. The predicted molar refractivity (Wildman–Crippen MR) is 83.5 cm³/mol. The van der Waals surface area contributed by atoms with Gasteiger partial charge in [-0.25, -0.2) is 0 Å². The first-order valence-corrected chi connectivity index (χ1v) is 8.24. The topological polar surface area (TPSA) is 58.2 Å². The van der Waals surface area contributed by atoms with Gasteiger partial charge in [-0.05, 0) is 25.7 Å². The number of nitrogens with one attached hydrogen (secondary N) is 2. The summed E-state index contributed by atoms with van der Waals surface area (Å²) in [4.78, 5) is 22.4. The van der Waals surface area contributed by atoms with Crippen LogP contribution in [0.25, 0.3) is 0 Å². The van der Waals surface area contributed by atoms with Crippen molar-refractivity contribution in [3.05, 3.63) is 0 Å². The molecule has 0 saturated carbocycles. The van der Waals surface area contributed by atoms with Crippen LogP contribution in [-0.2, 0) is 9.59 Å². The fourth-order valence-electron chi connectivity index (χ4n) is 2.04. The SMILES string of the molecule is CCCC(=O)NCCCCCCCCNC(=O)CCC. The van der Waals surface area contributed by atoms with Crippen LogP contribution in [-0.4, -0.2) is 24.9 Å². The summed E-state index contributed by atoms with van der Waals surface area (Å²) < 4.78 is 0. The van der Waals surface area contributed by atoms with Crippen molar-refractivity contribution < 1.29 is 9.59 Å². The third kappa shape index (κ3) is 13.4. The number of rotatable bonds is 13. The summed E-state index contributed by atoms with van der Waals surface area (Å²) in [5, 5.41) is 5.87. The Balaban J connectivity index is 3.13.